The van der Waals surface area contributed by atoms with Crippen molar-refractivity contribution < 1.29 is 9.59 Å². The molecule has 3 rings (SSSR count). The van der Waals surface area contributed by atoms with Gasteiger partial charge in [0.1, 0.15) is 5.69 Å². The van der Waals surface area contributed by atoms with Crippen molar-refractivity contribution in [3.8, 4) is 0 Å². The summed E-state index contributed by atoms with van der Waals surface area (Å²) in [6, 6.07) is 3.66. The standard InChI is InChI=1S/C16H20N4O2S/c1-9-6-12(10(2)23-9)16(22)20-5-3-4-11(8-20)13-7-14(15(17)21)19-18-13/h6-7,11H,3-5,8H2,1-2H3,(H2,17,21)(H,18,19)/t11-/m1/s1. The Morgan fingerprint density at radius 3 is 2.78 bits per heavy atom. The van der Waals surface area contributed by atoms with E-state index in [0.29, 0.717) is 6.54 Å². The lowest BCUT2D eigenvalue weighted by molar-refractivity contribution is 0.0705. The van der Waals surface area contributed by atoms with Crippen LogP contribution in [0.25, 0.3) is 0 Å². The number of aromatic amines is 1. The maximum absolute atomic E-state index is 12.8. The molecule has 3 N–H and O–H groups in total. The molecule has 1 atom stereocenters. The largest absolute Gasteiger partial charge is 0.364 e. The lowest BCUT2D eigenvalue weighted by Crippen LogP contribution is -2.39. The Morgan fingerprint density at radius 2 is 2.17 bits per heavy atom. The number of amides is 2. The van der Waals surface area contributed by atoms with Crippen LogP contribution < -0.4 is 5.73 Å². The van der Waals surface area contributed by atoms with Gasteiger partial charge in [-0.1, -0.05) is 0 Å². The minimum Gasteiger partial charge on any atom is -0.364 e. The van der Waals surface area contributed by atoms with E-state index >= 15 is 0 Å². The van der Waals surface area contributed by atoms with E-state index in [2.05, 4.69) is 10.2 Å². The second kappa shape index (κ2) is 6.16. The van der Waals surface area contributed by atoms with Crippen molar-refractivity contribution in [1.82, 2.24) is 15.1 Å². The third-order valence-electron chi connectivity index (χ3n) is 4.27. The zero-order chi connectivity index (χ0) is 16.6. The van der Waals surface area contributed by atoms with E-state index in [1.165, 1.54) is 0 Å². The smallest absolute Gasteiger partial charge is 0.269 e. The summed E-state index contributed by atoms with van der Waals surface area (Å²) in [4.78, 5) is 28.0. The van der Waals surface area contributed by atoms with Gasteiger partial charge in [-0.15, -0.1) is 11.3 Å². The first-order chi connectivity index (χ1) is 11.0. The van der Waals surface area contributed by atoms with Crippen LogP contribution in [0.3, 0.4) is 0 Å². The Hall–Kier alpha value is -2.15. The molecule has 23 heavy (non-hydrogen) atoms. The van der Waals surface area contributed by atoms with Gasteiger partial charge in [0.2, 0.25) is 0 Å². The molecular formula is C16H20N4O2S. The van der Waals surface area contributed by atoms with Crippen molar-refractivity contribution in [3.63, 3.8) is 0 Å². The number of H-pyrrole nitrogens is 1. The molecule has 2 aromatic heterocycles. The number of nitrogens with one attached hydrogen (secondary N) is 1. The van der Waals surface area contributed by atoms with E-state index in [1.54, 1.807) is 17.4 Å². The van der Waals surface area contributed by atoms with Gasteiger partial charge in [0.25, 0.3) is 11.8 Å². The second-order valence-corrected chi connectivity index (χ2v) is 7.45. The van der Waals surface area contributed by atoms with Gasteiger partial charge in [-0.3, -0.25) is 14.7 Å². The van der Waals surface area contributed by atoms with Gasteiger partial charge in [0.05, 0.1) is 5.56 Å². The molecular weight excluding hydrogens is 312 g/mol. The molecule has 0 bridgehead atoms. The number of primary amides is 1. The maximum atomic E-state index is 12.8. The number of piperidine rings is 1. The summed E-state index contributed by atoms with van der Waals surface area (Å²) >= 11 is 1.65. The minimum absolute atomic E-state index is 0.0891. The molecule has 2 amide bonds. The third-order valence-corrected chi connectivity index (χ3v) is 5.24. The molecule has 0 radical (unpaired) electrons. The van der Waals surface area contributed by atoms with Crippen LogP contribution in [-0.4, -0.2) is 40.0 Å². The number of nitrogens with two attached hydrogens (primary N) is 1. The Morgan fingerprint density at radius 1 is 1.39 bits per heavy atom. The summed E-state index contributed by atoms with van der Waals surface area (Å²) in [5.41, 5.74) is 7.16. The number of thiophene rings is 1. The number of rotatable bonds is 3. The van der Waals surface area contributed by atoms with Gasteiger partial charge < -0.3 is 10.6 Å². The lowest BCUT2D eigenvalue weighted by atomic mass is 9.94. The molecule has 0 aliphatic carbocycles. The van der Waals surface area contributed by atoms with Crippen LogP contribution >= 0.6 is 11.3 Å². The molecule has 0 spiro atoms. The molecule has 2 aromatic rings. The van der Waals surface area contributed by atoms with Gasteiger partial charge in [-0.05, 0) is 38.8 Å². The fourth-order valence-corrected chi connectivity index (χ4v) is 4.02. The monoisotopic (exact) mass is 332 g/mol. The number of aryl methyl sites for hydroxylation is 2. The second-order valence-electron chi connectivity index (χ2n) is 5.99. The van der Waals surface area contributed by atoms with E-state index in [-0.39, 0.29) is 17.5 Å². The van der Waals surface area contributed by atoms with Crippen LogP contribution in [-0.2, 0) is 0 Å². The first kappa shape index (κ1) is 15.7. The number of aromatic nitrogens is 2. The Balaban J connectivity index is 1.76. The lowest BCUT2D eigenvalue weighted by Gasteiger charge is -2.32. The number of nitrogens with zero attached hydrogens (tertiary/aromatic N) is 2. The number of hydrogen-bond acceptors (Lipinski definition) is 4. The van der Waals surface area contributed by atoms with Crippen molar-refractivity contribution in [1.29, 1.82) is 0 Å². The zero-order valence-electron chi connectivity index (χ0n) is 13.3. The molecule has 0 aromatic carbocycles. The highest BCUT2D eigenvalue weighted by molar-refractivity contribution is 7.12. The molecule has 1 aliphatic heterocycles. The average molecular weight is 332 g/mol. The van der Waals surface area contributed by atoms with Crippen molar-refractivity contribution in [2.45, 2.75) is 32.6 Å². The van der Waals surface area contributed by atoms with Gasteiger partial charge in [-0.25, -0.2) is 0 Å². The predicted octanol–water partition coefficient (Wildman–Crippen LogP) is 2.21. The van der Waals surface area contributed by atoms with E-state index in [1.807, 2.05) is 24.8 Å². The highest BCUT2D eigenvalue weighted by atomic mass is 32.1. The molecule has 1 fully saturated rings. The minimum atomic E-state index is -0.541. The van der Waals surface area contributed by atoms with Gasteiger partial charge in [-0.2, -0.15) is 5.10 Å². The number of carbonyl (C=O) groups is 2. The first-order valence-electron chi connectivity index (χ1n) is 7.67. The van der Waals surface area contributed by atoms with Crippen LogP contribution in [0.5, 0.6) is 0 Å². The first-order valence-corrected chi connectivity index (χ1v) is 8.48. The Labute approximate surface area is 138 Å². The van der Waals surface area contributed by atoms with E-state index in [0.717, 1.165) is 40.4 Å². The van der Waals surface area contributed by atoms with Crippen molar-refractivity contribution >= 4 is 23.2 Å². The van der Waals surface area contributed by atoms with E-state index in [9.17, 15) is 9.59 Å². The highest BCUT2D eigenvalue weighted by Gasteiger charge is 2.28. The fraction of sp³-hybridized carbons (Fsp3) is 0.438. The van der Waals surface area contributed by atoms with Gasteiger partial charge in [0, 0.05) is 34.5 Å². The molecule has 122 valence electrons. The summed E-state index contributed by atoms with van der Waals surface area (Å²) in [5, 5.41) is 6.82. The van der Waals surface area contributed by atoms with E-state index < -0.39 is 5.91 Å². The Kier molecular flexibility index (Phi) is 4.21. The van der Waals surface area contributed by atoms with Crippen LogP contribution in [0.15, 0.2) is 12.1 Å². The number of hydrogen-bond donors (Lipinski definition) is 2. The topological polar surface area (TPSA) is 92.1 Å². The molecule has 6 nitrogen and oxygen atoms in total. The number of likely N-dealkylation sites (tertiary alicyclic amines) is 1. The summed E-state index contributed by atoms with van der Waals surface area (Å²) in [5.74, 6) is -0.292. The third kappa shape index (κ3) is 3.14. The van der Waals surface area contributed by atoms with Crippen molar-refractivity contribution in [2.75, 3.05) is 13.1 Å². The molecule has 0 unspecified atom stereocenters. The molecule has 1 aliphatic rings. The van der Waals surface area contributed by atoms with Crippen molar-refractivity contribution in [3.05, 3.63) is 38.8 Å². The zero-order valence-corrected chi connectivity index (χ0v) is 14.1. The predicted molar refractivity (Wildman–Crippen MR) is 88.8 cm³/mol. The van der Waals surface area contributed by atoms with Crippen molar-refractivity contribution in [2.24, 2.45) is 5.73 Å². The van der Waals surface area contributed by atoms with Crippen LogP contribution in [0.1, 0.15) is 55.1 Å². The average Bonchev–Trinajstić information content (AvgIpc) is 3.13. The van der Waals surface area contributed by atoms with Gasteiger partial charge in [0.15, 0.2) is 0 Å². The van der Waals surface area contributed by atoms with Crippen LogP contribution in [0, 0.1) is 13.8 Å². The summed E-state index contributed by atoms with van der Waals surface area (Å²) < 4.78 is 0. The maximum Gasteiger partial charge on any atom is 0.269 e. The molecule has 1 saturated heterocycles. The molecule has 7 heteroatoms. The molecule has 3 heterocycles. The SMILES string of the molecule is Cc1cc(C(=O)N2CCC[C@@H](c3cc(C(N)=O)n[nH]3)C2)c(C)s1. The summed E-state index contributed by atoms with van der Waals surface area (Å²) in [7, 11) is 0. The normalized spacial score (nSPS) is 18.2. The van der Waals surface area contributed by atoms with E-state index in [4.69, 9.17) is 5.73 Å². The van der Waals surface area contributed by atoms with Crippen LogP contribution in [0.4, 0.5) is 0 Å². The highest BCUT2D eigenvalue weighted by Crippen LogP contribution is 2.29. The number of carbonyl (C=O) groups excluding carboxylic acids is 2. The fourth-order valence-electron chi connectivity index (χ4n) is 3.10. The summed E-state index contributed by atoms with van der Waals surface area (Å²) in [6.45, 7) is 5.40. The van der Waals surface area contributed by atoms with Crippen LogP contribution in [0.2, 0.25) is 0 Å². The summed E-state index contributed by atoms with van der Waals surface area (Å²) in [6.07, 6.45) is 1.90. The van der Waals surface area contributed by atoms with Gasteiger partial charge >= 0.3 is 0 Å². The molecule has 0 saturated carbocycles. The Bertz CT molecular complexity index is 749. The quantitative estimate of drug-likeness (QED) is 0.902.